The summed E-state index contributed by atoms with van der Waals surface area (Å²) >= 11 is 0. The maximum Gasteiger partial charge on any atom is 3.00 e. The van der Waals surface area contributed by atoms with Crippen molar-refractivity contribution in [3.63, 3.8) is 0 Å². The van der Waals surface area contributed by atoms with Crippen LogP contribution in [0.3, 0.4) is 0 Å². The summed E-state index contributed by atoms with van der Waals surface area (Å²) in [6, 6.07) is 0. The van der Waals surface area contributed by atoms with Crippen molar-refractivity contribution in [1.82, 2.24) is 0 Å². The van der Waals surface area contributed by atoms with E-state index in [1.54, 1.807) is 37.4 Å². The molecule has 0 aromatic rings. The van der Waals surface area contributed by atoms with E-state index in [0.29, 0.717) is 5.71 Å². The van der Waals surface area contributed by atoms with Gasteiger partial charge in [0.15, 0.2) is 0 Å². The zero-order chi connectivity index (χ0) is 12.7. The fourth-order valence-corrected chi connectivity index (χ4v) is 1.12. The standard InChI is InChI=1S/C7H7N2.C6H4N2.Ni/c1-9-7-5-3-2-4-6(7)8;7-5-3-1-2-4-6(5)8;/h2-5H,1H3;1-4H;/q-1;-2;+3. The molecule has 1 radical (unpaired) electrons. The third-order valence-corrected chi connectivity index (χ3v) is 2.00. The molecule has 0 spiro atoms. The predicted molar refractivity (Wildman–Crippen MR) is 75.0 cm³/mol. The van der Waals surface area contributed by atoms with Crippen LogP contribution in [0.5, 0.6) is 0 Å². The van der Waals surface area contributed by atoms with Crippen LogP contribution in [0.4, 0.5) is 0 Å². The molecule has 0 amide bonds. The first-order chi connectivity index (χ1) is 8.15. The van der Waals surface area contributed by atoms with Crippen molar-refractivity contribution in [1.29, 1.82) is 0 Å². The van der Waals surface area contributed by atoms with Crippen molar-refractivity contribution in [3.05, 3.63) is 64.8 Å². The molecule has 4 nitrogen and oxygen atoms in total. The average molecular weight is 282 g/mol. The first-order valence-electron chi connectivity index (χ1n) is 5.00. The van der Waals surface area contributed by atoms with Gasteiger partial charge in [0.25, 0.3) is 0 Å². The zero-order valence-electron chi connectivity index (χ0n) is 9.72. The second-order valence-electron chi connectivity index (χ2n) is 3.20. The Morgan fingerprint density at radius 2 is 1.11 bits per heavy atom. The maximum absolute atomic E-state index is 9.02. The van der Waals surface area contributed by atoms with Gasteiger partial charge in [-0.1, -0.05) is 42.5 Å². The van der Waals surface area contributed by atoms with E-state index in [9.17, 15) is 0 Å². The van der Waals surface area contributed by atoms with Crippen molar-refractivity contribution in [2.45, 2.75) is 0 Å². The third kappa shape index (κ3) is 4.98. The fourth-order valence-electron chi connectivity index (χ4n) is 1.12. The summed E-state index contributed by atoms with van der Waals surface area (Å²) in [7, 11) is 1.65. The summed E-state index contributed by atoms with van der Waals surface area (Å²) in [6.45, 7) is 0. The molecular weight excluding hydrogens is 271 g/mol. The quantitative estimate of drug-likeness (QED) is 0.482. The second-order valence-corrected chi connectivity index (χ2v) is 3.20. The van der Waals surface area contributed by atoms with E-state index < -0.39 is 0 Å². The third-order valence-electron chi connectivity index (χ3n) is 2.00. The summed E-state index contributed by atoms with van der Waals surface area (Å²) in [6.07, 6.45) is 13.1. The molecule has 0 bridgehead atoms. The Morgan fingerprint density at radius 3 is 1.39 bits per heavy atom. The number of hydrogen-bond donors (Lipinski definition) is 0. The molecule has 0 fully saturated rings. The smallest absolute Gasteiger partial charge is 0.805 e. The van der Waals surface area contributed by atoms with Crippen LogP contribution in [0.2, 0.25) is 0 Å². The van der Waals surface area contributed by atoms with Crippen molar-refractivity contribution >= 4 is 22.8 Å². The molecule has 5 heteroatoms. The number of rotatable bonds is 0. The fraction of sp³-hybridized carbons (Fsp3) is 0.0769. The molecule has 0 aromatic heterocycles. The van der Waals surface area contributed by atoms with Crippen molar-refractivity contribution in [2.75, 3.05) is 7.05 Å². The van der Waals surface area contributed by atoms with E-state index in [4.69, 9.17) is 16.2 Å². The summed E-state index contributed by atoms with van der Waals surface area (Å²) < 4.78 is 0. The van der Waals surface area contributed by atoms with Crippen LogP contribution in [0.1, 0.15) is 0 Å². The van der Waals surface area contributed by atoms with E-state index in [1.807, 2.05) is 6.08 Å². The Kier molecular flexibility index (Phi) is 7.40. The Labute approximate surface area is 116 Å². The molecule has 18 heavy (non-hydrogen) atoms. The van der Waals surface area contributed by atoms with E-state index in [-0.39, 0.29) is 33.6 Å². The van der Waals surface area contributed by atoms with Gasteiger partial charge in [-0.2, -0.15) is 11.4 Å². The molecule has 0 aromatic carbocycles. The van der Waals surface area contributed by atoms with Crippen molar-refractivity contribution < 1.29 is 16.5 Å². The minimum Gasteiger partial charge on any atom is -0.805 e. The van der Waals surface area contributed by atoms with E-state index in [0.717, 1.165) is 0 Å². The molecule has 2 aliphatic rings. The van der Waals surface area contributed by atoms with Gasteiger partial charge in [0.2, 0.25) is 0 Å². The summed E-state index contributed by atoms with van der Waals surface area (Å²) in [5.41, 5.74) is 0.720. The van der Waals surface area contributed by atoms with Crippen LogP contribution in [0.25, 0.3) is 16.2 Å². The number of hydrogen-bond acceptors (Lipinski definition) is 1. The van der Waals surface area contributed by atoms with Gasteiger partial charge in [-0.25, -0.2) is 0 Å². The number of allylic oxidation sites excluding steroid dienone is 8. The first kappa shape index (κ1) is 16.1. The molecule has 0 atom stereocenters. The molecule has 0 saturated carbocycles. The maximum atomic E-state index is 9.02. The van der Waals surface area contributed by atoms with E-state index in [1.165, 1.54) is 12.2 Å². The Hall–Kier alpha value is -1.87. The monoisotopic (exact) mass is 281 g/mol. The number of nitrogens with zero attached hydrogens (tertiary/aromatic N) is 4. The van der Waals surface area contributed by atoms with Gasteiger partial charge < -0.3 is 16.2 Å². The van der Waals surface area contributed by atoms with Crippen LogP contribution >= 0.6 is 0 Å². The molecule has 0 N–H and O–H groups in total. The van der Waals surface area contributed by atoms with Crippen LogP contribution in [0.15, 0.2) is 53.6 Å². The SMILES string of the molecule is CN=C1C=CC=CC1=[N-].[N-]=C1C=CC=CC1=[N-].[Ni+3]. The molecule has 93 valence electrons. The van der Waals surface area contributed by atoms with Crippen LogP contribution < -0.4 is 0 Å². The minimum atomic E-state index is -0.0764. The Morgan fingerprint density at radius 1 is 0.722 bits per heavy atom. The van der Waals surface area contributed by atoms with Crippen LogP contribution in [-0.4, -0.2) is 29.9 Å². The molecule has 0 saturated heterocycles. The molecular formula is C13H11N4Ni. The van der Waals surface area contributed by atoms with Gasteiger partial charge in [0, 0.05) is 12.8 Å². The average Bonchev–Trinajstić information content (AvgIpc) is 2.34. The second kappa shape index (κ2) is 8.26. The topological polar surface area (TPSA) is 79.3 Å². The minimum absolute atomic E-state index is 0. The molecule has 0 aliphatic heterocycles. The summed E-state index contributed by atoms with van der Waals surface area (Å²) in [5, 5.41) is 26.4. The Bertz CT molecular complexity index is 471. The van der Waals surface area contributed by atoms with Crippen molar-refractivity contribution in [2.24, 2.45) is 4.99 Å². The van der Waals surface area contributed by atoms with Gasteiger partial charge in [0.05, 0.1) is 0 Å². The van der Waals surface area contributed by atoms with E-state index >= 15 is 0 Å². The molecule has 0 heterocycles. The van der Waals surface area contributed by atoms with Gasteiger partial charge in [0.1, 0.15) is 0 Å². The first-order valence-corrected chi connectivity index (χ1v) is 5.00. The van der Waals surface area contributed by atoms with Crippen LogP contribution in [0, 0.1) is 0 Å². The normalized spacial score (nSPS) is 18.5. The number of aliphatic imine (C=N–C) groups is 1. The van der Waals surface area contributed by atoms with Crippen LogP contribution in [-0.2, 0) is 16.5 Å². The van der Waals surface area contributed by atoms with Gasteiger partial charge in [-0.15, -0.1) is 5.71 Å². The molecule has 0 unspecified atom stereocenters. The van der Waals surface area contributed by atoms with Crippen molar-refractivity contribution in [3.8, 4) is 0 Å². The summed E-state index contributed by atoms with van der Waals surface area (Å²) in [5.74, 6) is 0. The van der Waals surface area contributed by atoms with E-state index in [2.05, 4.69) is 4.99 Å². The molecule has 2 aliphatic carbocycles. The van der Waals surface area contributed by atoms with Gasteiger partial charge in [-0.3, -0.25) is 4.99 Å². The van der Waals surface area contributed by atoms with Gasteiger partial charge >= 0.3 is 16.5 Å². The molecule has 2 rings (SSSR count). The largest absolute Gasteiger partial charge is 3.00 e. The van der Waals surface area contributed by atoms with Gasteiger partial charge in [-0.05, 0) is 6.08 Å². The predicted octanol–water partition coefficient (Wildman–Crippen LogP) is 2.32. The zero-order valence-corrected chi connectivity index (χ0v) is 10.7. The Balaban J connectivity index is 0.000000306. The summed E-state index contributed by atoms with van der Waals surface area (Å²) in [4.78, 5) is 3.82.